The van der Waals surface area contributed by atoms with Crippen LogP contribution in [0, 0.1) is 0 Å². The Balaban J connectivity index is 1.72. The van der Waals surface area contributed by atoms with E-state index in [-0.39, 0.29) is 11.7 Å². The minimum atomic E-state index is 0.171. The van der Waals surface area contributed by atoms with Gasteiger partial charge in [0.1, 0.15) is 5.75 Å². The normalized spacial score (nSPS) is 16.7. The van der Waals surface area contributed by atoms with E-state index in [0.717, 1.165) is 29.1 Å². The quantitative estimate of drug-likeness (QED) is 0.738. The second-order valence-electron chi connectivity index (χ2n) is 6.05. The predicted octanol–water partition coefficient (Wildman–Crippen LogP) is 3.79. The summed E-state index contributed by atoms with van der Waals surface area (Å²) in [7, 11) is 1.65. The Morgan fingerprint density at radius 1 is 1.04 bits per heavy atom. The number of nitrogens with zero attached hydrogens (tertiary/aromatic N) is 2. The van der Waals surface area contributed by atoms with Crippen molar-refractivity contribution in [3.8, 4) is 11.4 Å². The van der Waals surface area contributed by atoms with Crippen molar-refractivity contribution >= 4 is 5.78 Å². The van der Waals surface area contributed by atoms with Gasteiger partial charge in [0.25, 0.3) is 0 Å². The van der Waals surface area contributed by atoms with Crippen molar-refractivity contribution in [2.75, 3.05) is 7.11 Å². The van der Waals surface area contributed by atoms with Crippen LogP contribution in [0.4, 0.5) is 0 Å². The summed E-state index contributed by atoms with van der Waals surface area (Å²) in [6.45, 7) is 0. The number of methoxy groups -OCH3 is 1. The molecular formula is C20H18N2O2. The van der Waals surface area contributed by atoms with E-state index < -0.39 is 0 Å². The summed E-state index contributed by atoms with van der Waals surface area (Å²) in [5.41, 5.74) is 3.89. The highest BCUT2D eigenvalue weighted by molar-refractivity contribution is 5.98. The summed E-state index contributed by atoms with van der Waals surface area (Å²) in [5.74, 6) is 1.18. The fourth-order valence-electron chi connectivity index (χ4n) is 3.35. The maximum atomic E-state index is 12.5. The van der Waals surface area contributed by atoms with Gasteiger partial charge >= 0.3 is 0 Å². The zero-order valence-corrected chi connectivity index (χ0v) is 13.5. The van der Waals surface area contributed by atoms with Gasteiger partial charge in [-0.25, -0.2) is 4.68 Å². The van der Waals surface area contributed by atoms with Gasteiger partial charge < -0.3 is 4.74 Å². The van der Waals surface area contributed by atoms with E-state index in [1.165, 1.54) is 5.56 Å². The second-order valence-corrected chi connectivity index (χ2v) is 6.05. The topological polar surface area (TPSA) is 44.1 Å². The molecule has 0 saturated heterocycles. The van der Waals surface area contributed by atoms with Crippen LogP contribution in [0.3, 0.4) is 0 Å². The molecule has 4 rings (SSSR count). The number of ketones is 1. The number of carbonyl (C=O) groups is 1. The van der Waals surface area contributed by atoms with Crippen molar-refractivity contribution in [3.63, 3.8) is 0 Å². The molecule has 0 aliphatic heterocycles. The van der Waals surface area contributed by atoms with Crippen molar-refractivity contribution in [1.82, 2.24) is 9.78 Å². The number of Topliss-reactive ketones (excluding diaryl/α,β-unsaturated/α-hetero) is 1. The lowest BCUT2D eigenvalue weighted by atomic mass is 9.82. The van der Waals surface area contributed by atoms with Crippen LogP contribution in [0.15, 0.2) is 60.8 Å². The molecule has 0 amide bonds. The van der Waals surface area contributed by atoms with Crippen LogP contribution >= 0.6 is 0 Å². The number of benzene rings is 2. The summed E-state index contributed by atoms with van der Waals surface area (Å²) >= 11 is 0. The largest absolute Gasteiger partial charge is 0.497 e. The number of hydrogen-bond acceptors (Lipinski definition) is 3. The van der Waals surface area contributed by atoms with Gasteiger partial charge in [0.2, 0.25) is 0 Å². The molecule has 0 bridgehead atoms. The van der Waals surface area contributed by atoms with Crippen LogP contribution in [-0.2, 0) is 6.42 Å². The van der Waals surface area contributed by atoms with Crippen molar-refractivity contribution in [1.29, 1.82) is 0 Å². The molecule has 0 radical (unpaired) electrons. The maximum absolute atomic E-state index is 12.5. The first-order chi connectivity index (χ1) is 11.8. The zero-order valence-electron chi connectivity index (χ0n) is 13.5. The van der Waals surface area contributed by atoms with Gasteiger partial charge in [-0.05, 0) is 42.2 Å². The van der Waals surface area contributed by atoms with E-state index in [1.54, 1.807) is 13.3 Å². The number of fused-ring (bicyclic) bond motifs is 1. The van der Waals surface area contributed by atoms with Crippen LogP contribution in [-0.4, -0.2) is 22.7 Å². The Bertz CT molecular complexity index is 866. The molecule has 0 N–H and O–H groups in total. The molecular weight excluding hydrogens is 300 g/mol. The third-order valence-electron chi connectivity index (χ3n) is 4.63. The van der Waals surface area contributed by atoms with Crippen LogP contribution in [0.5, 0.6) is 5.75 Å². The van der Waals surface area contributed by atoms with E-state index in [9.17, 15) is 4.79 Å². The van der Waals surface area contributed by atoms with Crippen molar-refractivity contribution in [3.05, 3.63) is 77.6 Å². The summed E-state index contributed by atoms with van der Waals surface area (Å²) < 4.78 is 7.08. The highest BCUT2D eigenvalue weighted by Crippen LogP contribution is 2.33. The number of hydrogen-bond donors (Lipinski definition) is 0. The number of rotatable bonds is 3. The standard InChI is InChI=1S/C20H18N2O2/c1-24-17-9-7-16(8-10-17)22-19-11-15(14-5-3-2-4-6-14)12-20(23)18(19)13-21-22/h2-10,13,15H,11-12H2,1H3/t15-/m0/s1. The van der Waals surface area contributed by atoms with E-state index in [0.29, 0.717) is 6.42 Å². The van der Waals surface area contributed by atoms with Crippen LogP contribution < -0.4 is 4.74 Å². The smallest absolute Gasteiger partial charge is 0.166 e. The molecule has 0 spiro atoms. The summed E-state index contributed by atoms with van der Waals surface area (Å²) in [5, 5.41) is 4.46. The molecule has 1 heterocycles. The lowest BCUT2D eigenvalue weighted by Gasteiger charge is -2.23. The van der Waals surface area contributed by atoms with Gasteiger partial charge in [0.05, 0.1) is 30.3 Å². The summed E-state index contributed by atoms with van der Waals surface area (Å²) in [6, 6.07) is 18.0. The van der Waals surface area contributed by atoms with Gasteiger partial charge in [-0.2, -0.15) is 5.10 Å². The third-order valence-corrected chi connectivity index (χ3v) is 4.63. The minimum Gasteiger partial charge on any atom is -0.497 e. The zero-order chi connectivity index (χ0) is 16.5. The monoisotopic (exact) mass is 318 g/mol. The first-order valence-corrected chi connectivity index (χ1v) is 8.05. The van der Waals surface area contributed by atoms with Crippen LogP contribution in [0.1, 0.15) is 34.0 Å². The highest BCUT2D eigenvalue weighted by Gasteiger charge is 2.29. The SMILES string of the molecule is COc1ccc(-n2ncc3c2C[C@H](c2ccccc2)CC3=O)cc1. The fourth-order valence-corrected chi connectivity index (χ4v) is 3.35. The molecule has 4 heteroatoms. The lowest BCUT2D eigenvalue weighted by Crippen LogP contribution is -2.20. The Morgan fingerprint density at radius 3 is 2.50 bits per heavy atom. The first kappa shape index (κ1) is 14.7. The summed E-state index contributed by atoms with van der Waals surface area (Å²) in [4.78, 5) is 12.5. The molecule has 1 aromatic heterocycles. The maximum Gasteiger partial charge on any atom is 0.166 e. The van der Waals surface area contributed by atoms with E-state index >= 15 is 0 Å². The molecule has 1 aliphatic rings. The number of ether oxygens (including phenoxy) is 1. The Labute approximate surface area is 140 Å². The summed E-state index contributed by atoms with van der Waals surface area (Å²) in [6.07, 6.45) is 3.06. The van der Waals surface area contributed by atoms with Gasteiger partial charge in [0.15, 0.2) is 5.78 Å². The molecule has 0 fully saturated rings. The number of aromatic nitrogens is 2. The molecule has 0 saturated carbocycles. The molecule has 3 aromatic rings. The van der Waals surface area contributed by atoms with Crippen molar-refractivity contribution < 1.29 is 9.53 Å². The fraction of sp³-hybridized carbons (Fsp3) is 0.200. The van der Waals surface area contributed by atoms with Gasteiger partial charge in [-0.1, -0.05) is 30.3 Å². The lowest BCUT2D eigenvalue weighted by molar-refractivity contribution is 0.0963. The second kappa shape index (κ2) is 5.96. The Kier molecular flexibility index (Phi) is 3.65. The van der Waals surface area contributed by atoms with Crippen molar-refractivity contribution in [2.24, 2.45) is 0 Å². The van der Waals surface area contributed by atoms with E-state index in [2.05, 4.69) is 17.2 Å². The molecule has 24 heavy (non-hydrogen) atoms. The average molecular weight is 318 g/mol. The van der Waals surface area contributed by atoms with Gasteiger partial charge in [-0.15, -0.1) is 0 Å². The van der Waals surface area contributed by atoms with Gasteiger partial charge in [-0.3, -0.25) is 4.79 Å². The molecule has 2 aromatic carbocycles. The molecule has 120 valence electrons. The first-order valence-electron chi connectivity index (χ1n) is 8.05. The Hall–Kier alpha value is -2.88. The van der Waals surface area contributed by atoms with Crippen LogP contribution in [0.25, 0.3) is 5.69 Å². The number of carbonyl (C=O) groups excluding carboxylic acids is 1. The van der Waals surface area contributed by atoms with E-state index in [4.69, 9.17) is 4.74 Å². The third kappa shape index (κ3) is 2.50. The van der Waals surface area contributed by atoms with E-state index in [1.807, 2.05) is 47.1 Å². The van der Waals surface area contributed by atoms with Crippen molar-refractivity contribution in [2.45, 2.75) is 18.8 Å². The molecule has 4 nitrogen and oxygen atoms in total. The van der Waals surface area contributed by atoms with Crippen LogP contribution in [0.2, 0.25) is 0 Å². The highest BCUT2D eigenvalue weighted by atomic mass is 16.5. The van der Waals surface area contributed by atoms with Gasteiger partial charge in [0, 0.05) is 6.42 Å². The predicted molar refractivity (Wildman–Crippen MR) is 92.0 cm³/mol. The molecule has 0 unspecified atom stereocenters. The minimum absolute atomic E-state index is 0.171. The molecule has 1 atom stereocenters. The average Bonchev–Trinajstić information content (AvgIpc) is 3.07. The Morgan fingerprint density at radius 2 is 1.79 bits per heavy atom. The molecule has 1 aliphatic carbocycles.